The molecule has 0 aliphatic heterocycles. The van der Waals surface area contributed by atoms with Crippen LogP contribution in [0.4, 0.5) is 17.1 Å². The van der Waals surface area contributed by atoms with Crippen molar-refractivity contribution >= 4 is 39.0 Å². The topological polar surface area (TPSA) is 16.4 Å². The van der Waals surface area contributed by atoms with Crippen molar-refractivity contribution in [3.8, 4) is 33.4 Å². The van der Waals surface area contributed by atoms with Crippen molar-refractivity contribution in [1.82, 2.24) is 0 Å². The van der Waals surface area contributed by atoms with Crippen LogP contribution in [-0.2, 0) is 5.41 Å². The number of benzene rings is 9. The van der Waals surface area contributed by atoms with E-state index >= 15 is 0 Å². The molecule has 1 aromatic heterocycles. The lowest BCUT2D eigenvalue weighted by atomic mass is 9.67. The third kappa shape index (κ3) is 5.18. The maximum absolute atomic E-state index is 7.09. The fourth-order valence-electron chi connectivity index (χ4n) is 9.29. The van der Waals surface area contributed by atoms with Gasteiger partial charge in [0.25, 0.3) is 0 Å². The zero-order chi connectivity index (χ0) is 37.8. The first-order chi connectivity index (χ1) is 28.3. The highest BCUT2D eigenvalue weighted by Crippen LogP contribution is 2.56. The first-order valence-electron chi connectivity index (χ1n) is 19.6. The molecule has 0 saturated heterocycles. The Balaban J connectivity index is 1.09. The van der Waals surface area contributed by atoms with E-state index in [9.17, 15) is 0 Å². The molecule has 9 aromatic carbocycles. The Morgan fingerprint density at radius 2 is 0.895 bits per heavy atom. The van der Waals surface area contributed by atoms with Gasteiger partial charge in [-0.3, -0.25) is 0 Å². The molecule has 0 N–H and O–H groups in total. The van der Waals surface area contributed by atoms with Crippen molar-refractivity contribution in [1.29, 1.82) is 0 Å². The minimum Gasteiger partial charge on any atom is -0.455 e. The Morgan fingerprint density at radius 3 is 1.60 bits per heavy atom. The van der Waals surface area contributed by atoms with Crippen LogP contribution in [0.25, 0.3) is 55.3 Å². The monoisotopic (exact) mass is 727 g/mol. The fourth-order valence-corrected chi connectivity index (χ4v) is 9.29. The second-order valence-corrected chi connectivity index (χ2v) is 14.8. The van der Waals surface area contributed by atoms with Crippen LogP contribution in [0.15, 0.2) is 229 Å². The Bertz CT molecular complexity index is 3010. The average Bonchev–Trinajstić information content (AvgIpc) is 3.82. The number of hydrogen-bond acceptors (Lipinski definition) is 2. The van der Waals surface area contributed by atoms with Crippen molar-refractivity contribution in [2.75, 3.05) is 4.90 Å². The summed E-state index contributed by atoms with van der Waals surface area (Å²) in [5.74, 6) is 0. The lowest BCUT2D eigenvalue weighted by Gasteiger charge is -2.33. The average molecular weight is 728 g/mol. The van der Waals surface area contributed by atoms with Crippen LogP contribution in [0.5, 0.6) is 0 Å². The molecule has 11 rings (SSSR count). The van der Waals surface area contributed by atoms with Gasteiger partial charge in [-0.05, 0) is 80.9 Å². The minimum absolute atomic E-state index is 0.497. The Morgan fingerprint density at radius 1 is 0.351 bits per heavy atom. The van der Waals surface area contributed by atoms with Crippen molar-refractivity contribution in [3.05, 3.63) is 247 Å². The van der Waals surface area contributed by atoms with E-state index in [0.29, 0.717) is 0 Å². The van der Waals surface area contributed by atoms with E-state index in [1.54, 1.807) is 0 Å². The van der Waals surface area contributed by atoms with Gasteiger partial charge < -0.3 is 9.32 Å². The summed E-state index contributed by atoms with van der Waals surface area (Å²) in [6.45, 7) is 0. The number of furan rings is 1. The van der Waals surface area contributed by atoms with Gasteiger partial charge in [0, 0.05) is 33.3 Å². The van der Waals surface area contributed by atoms with E-state index in [1.165, 1.54) is 44.5 Å². The first-order valence-corrected chi connectivity index (χ1v) is 19.6. The standard InChI is InChI=1S/C55H37NO/c1-4-17-38(18-5-1)39-31-34-43(35-32-39)56(42-21-8-3-9-22-42)52-30-15-12-25-46(52)48-26-16-27-49-47-36-33-41(37-53(47)57-54(48)49)55(40-19-6-2-7-20-40)50-28-13-10-23-44(50)45-24-11-14-29-51(45)55/h1-37H. The molecule has 2 heteroatoms. The molecule has 0 spiro atoms. The predicted molar refractivity (Wildman–Crippen MR) is 237 cm³/mol. The second-order valence-electron chi connectivity index (χ2n) is 14.8. The summed E-state index contributed by atoms with van der Waals surface area (Å²) in [6.07, 6.45) is 0. The van der Waals surface area contributed by atoms with Gasteiger partial charge in [-0.2, -0.15) is 0 Å². The normalized spacial score (nSPS) is 12.7. The van der Waals surface area contributed by atoms with E-state index in [-0.39, 0.29) is 0 Å². The summed E-state index contributed by atoms with van der Waals surface area (Å²) in [6, 6.07) is 80.8. The number of hydrogen-bond donors (Lipinski definition) is 0. The Kier molecular flexibility index (Phi) is 7.75. The first kappa shape index (κ1) is 33.0. The molecule has 10 aromatic rings. The molecule has 2 nitrogen and oxygen atoms in total. The van der Waals surface area contributed by atoms with Crippen molar-refractivity contribution in [2.45, 2.75) is 5.41 Å². The van der Waals surface area contributed by atoms with Gasteiger partial charge in [-0.1, -0.05) is 188 Å². The van der Waals surface area contributed by atoms with Gasteiger partial charge in [-0.15, -0.1) is 0 Å². The zero-order valence-electron chi connectivity index (χ0n) is 31.2. The molecule has 0 bridgehead atoms. The van der Waals surface area contributed by atoms with Gasteiger partial charge in [0.2, 0.25) is 0 Å². The van der Waals surface area contributed by atoms with Crippen LogP contribution in [0.2, 0.25) is 0 Å². The highest BCUT2D eigenvalue weighted by molar-refractivity contribution is 6.11. The molecule has 1 aliphatic carbocycles. The van der Waals surface area contributed by atoms with Crippen molar-refractivity contribution in [2.24, 2.45) is 0 Å². The summed E-state index contributed by atoms with van der Waals surface area (Å²) in [5, 5.41) is 2.20. The maximum atomic E-state index is 7.09. The molecule has 57 heavy (non-hydrogen) atoms. The van der Waals surface area contributed by atoms with Gasteiger partial charge in [0.05, 0.1) is 11.1 Å². The molecular weight excluding hydrogens is 691 g/mol. The number of anilines is 3. The SMILES string of the molecule is c1ccc(-c2ccc(N(c3ccccc3)c3ccccc3-c3cccc4c3oc3cc(C5(c6ccccc6)c6ccccc6-c6ccccc65)ccc34)cc2)cc1. The lowest BCUT2D eigenvalue weighted by molar-refractivity contribution is 0.666. The Labute approximate surface area is 332 Å². The van der Waals surface area contributed by atoms with E-state index in [2.05, 4.69) is 229 Å². The van der Waals surface area contributed by atoms with Gasteiger partial charge in [0.15, 0.2) is 0 Å². The van der Waals surface area contributed by atoms with Crippen LogP contribution in [0.1, 0.15) is 22.3 Å². The summed E-state index contributed by atoms with van der Waals surface area (Å²) >= 11 is 0. The summed E-state index contributed by atoms with van der Waals surface area (Å²) in [7, 11) is 0. The molecule has 0 atom stereocenters. The van der Waals surface area contributed by atoms with E-state index in [0.717, 1.165) is 50.1 Å². The maximum Gasteiger partial charge on any atom is 0.143 e. The minimum atomic E-state index is -0.497. The van der Waals surface area contributed by atoms with Crippen molar-refractivity contribution in [3.63, 3.8) is 0 Å². The summed E-state index contributed by atoms with van der Waals surface area (Å²) in [5.41, 5.74) is 16.6. The van der Waals surface area contributed by atoms with Crippen LogP contribution >= 0.6 is 0 Å². The van der Waals surface area contributed by atoms with Crippen LogP contribution in [-0.4, -0.2) is 0 Å². The fraction of sp³-hybridized carbons (Fsp3) is 0.0182. The molecule has 0 saturated carbocycles. The van der Waals surface area contributed by atoms with Gasteiger partial charge in [-0.25, -0.2) is 0 Å². The number of fused-ring (bicyclic) bond motifs is 6. The predicted octanol–water partition coefficient (Wildman–Crippen LogP) is 14.8. The van der Waals surface area contributed by atoms with Crippen LogP contribution in [0.3, 0.4) is 0 Å². The molecule has 0 fully saturated rings. The number of rotatable bonds is 7. The van der Waals surface area contributed by atoms with Crippen LogP contribution < -0.4 is 4.90 Å². The molecule has 268 valence electrons. The molecule has 0 amide bonds. The summed E-state index contributed by atoms with van der Waals surface area (Å²) in [4.78, 5) is 2.35. The van der Waals surface area contributed by atoms with E-state index in [1.807, 2.05) is 0 Å². The molecule has 0 radical (unpaired) electrons. The van der Waals surface area contributed by atoms with E-state index < -0.39 is 5.41 Å². The quantitative estimate of drug-likeness (QED) is 0.163. The molecule has 0 unspecified atom stereocenters. The largest absolute Gasteiger partial charge is 0.455 e. The van der Waals surface area contributed by atoms with Gasteiger partial charge >= 0.3 is 0 Å². The zero-order valence-corrected chi connectivity index (χ0v) is 31.2. The second kappa shape index (κ2) is 13.4. The van der Waals surface area contributed by atoms with Gasteiger partial charge in [0.1, 0.15) is 11.2 Å². The number of nitrogens with zero attached hydrogens (tertiary/aromatic N) is 1. The molecule has 1 aliphatic rings. The smallest absolute Gasteiger partial charge is 0.143 e. The third-order valence-corrected chi connectivity index (χ3v) is 11.8. The number of para-hydroxylation sites is 3. The van der Waals surface area contributed by atoms with E-state index in [4.69, 9.17) is 4.42 Å². The Hall–Kier alpha value is -7.42. The van der Waals surface area contributed by atoms with Crippen molar-refractivity contribution < 1.29 is 4.42 Å². The molecule has 1 heterocycles. The lowest BCUT2D eigenvalue weighted by Crippen LogP contribution is -2.28. The summed E-state index contributed by atoms with van der Waals surface area (Å²) < 4.78 is 7.09. The highest BCUT2D eigenvalue weighted by Gasteiger charge is 2.46. The van der Waals surface area contributed by atoms with Crippen LogP contribution in [0, 0.1) is 0 Å². The highest BCUT2D eigenvalue weighted by atomic mass is 16.3. The third-order valence-electron chi connectivity index (χ3n) is 11.8. The molecular formula is C55H37NO.